The summed E-state index contributed by atoms with van der Waals surface area (Å²) >= 11 is 0.992. The minimum Gasteiger partial charge on any atom is -0.493 e. The first kappa shape index (κ1) is 18.9. The average Bonchev–Trinajstić information content (AvgIpc) is 3.02. The Morgan fingerprint density at radius 1 is 1.40 bits per heavy atom. The number of rotatable bonds is 8. The van der Waals surface area contributed by atoms with Crippen molar-refractivity contribution in [3.05, 3.63) is 34.5 Å². The van der Waals surface area contributed by atoms with Gasteiger partial charge in [0.1, 0.15) is 10.7 Å². The van der Waals surface area contributed by atoms with Gasteiger partial charge in [0.15, 0.2) is 11.5 Å². The number of thioether (sulfide) groups is 1. The SMILES string of the molecule is CCc1nc(S/C(=C/c2ccc(OC(C)C)c(OC)c2)C(=O)O)n[nH]1. The van der Waals surface area contributed by atoms with Gasteiger partial charge in [0, 0.05) is 6.42 Å². The summed E-state index contributed by atoms with van der Waals surface area (Å²) in [5, 5.41) is 16.6. The number of H-pyrrole nitrogens is 1. The summed E-state index contributed by atoms with van der Waals surface area (Å²) in [6.45, 7) is 5.79. The Balaban J connectivity index is 2.28. The van der Waals surface area contributed by atoms with Gasteiger partial charge in [-0.25, -0.2) is 9.78 Å². The maximum Gasteiger partial charge on any atom is 0.342 e. The summed E-state index contributed by atoms with van der Waals surface area (Å²) in [6.07, 6.45) is 2.27. The van der Waals surface area contributed by atoms with Crippen molar-refractivity contribution in [1.29, 1.82) is 0 Å². The van der Waals surface area contributed by atoms with E-state index in [-0.39, 0.29) is 11.0 Å². The predicted molar refractivity (Wildman–Crippen MR) is 96.0 cm³/mol. The Morgan fingerprint density at radius 3 is 2.72 bits per heavy atom. The second-order valence-electron chi connectivity index (χ2n) is 5.41. The van der Waals surface area contributed by atoms with E-state index in [1.165, 1.54) is 0 Å². The average molecular weight is 363 g/mol. The monoisotopic (exact) mass is 363 g/mol. The molecule has 0 fully saturated rings. The molecular weight excluding hydrogens is 342 g/mol. The van der Waals surface area contributed by atoms with Crippen LogP contribution in [0, 0.1) is 0 Å². The number of nitrogens with zero attached hydrogens (tertiary/aromatic N) is 2. The lowest BCUT2D eigenvalue weighted by molar-refractivity contribution is -0.131. The zero-order chi connectivity index (χ0) is 18.4. The molecule has 0 unspecified atom stereocenters. The highest BCUT2D eigenvalue weighted by Crippen LogP contribution is 2.32. The molecule has 0 saturated carbocycles. The van der Waals surface area contributed by atoms with Crippen molar-refractivity contribution >= 4 is 23.8 Å². The molecule has 1 aromatic carbocycles. The molecule has 0 bridgehead atoms. The zero-order valence-corrected chi connectivity index (χ0v) is 15.4. The van der Waals surface area contributed by atoms with Crippen LogP contribution in [0.4, 0.5) is 0 Å². The Morgan fingerprint density at radius 2 is 2.16 bits per heavy atom. The van der Waals surface area contributed by atoms with Gasteiger partial charge < -0.3 is 14.6 Å². The Labute approximate surface area is 150 Å². The van der Waals surface area contributed by atoms with Gasteiger partial charge in [-0.05, 0) is 49.4 Å². The lowest BCUT2D eigenvalue weighted by atomic mass is 10.2. The summed E-state index contributed by atoms with van der Waals surface area (Å²) in [5.41, 5.74) is 0.684. The van der Waals surface area contributed by atoms with Crippen LogP contribution >= 0.6 is 11.8 Å². The quantitative estimate of drug-likeness (QED) is 0.548. The number of nitrogens with one attached hydrogen (secondary N) is 1. The summed E-state index contributed by atoms with van der Waals surface area (Å²) in [7, 11) is 1.54. The number of ether oxygens (including phenoxy) is 2. The fourth-order valence-corrected chi connectivity index (χ4v) is 2.72. The Kier molecular flexibility index (Phi) is 6.46. The number of hydrogen-bond donors (Lipinski definition) is 2. The molecule has 1 aromatic heterocycles. The van der Waals surface area contributed by atoms with E-state index in [1.54, 1.807) is 31.4 Å². The van der Waals surface area contributed by atoms with Crippen LogP contribution in [0.15, 0.2) is 28.3 Å². The third kappa shape index (κ3) is 5.25. The molecule has 2 rings (SSSR count). The molecule has 7 nitrogen and oxygen atoms in total. The lowest BCUT2D eigenvalue weighted by Crippen LogP contribution is -2.06. The molecule has 0 saturated heterocycles. The van der Waals surface area contributed by atoms with Crippen LogP contribution in [0.2, 0.25) is 0 Å². The van der Waals surface area contributed by atoms with E-state index in [1.807, 2.05) is 20.8 Å². The molecule has 2 aromatic rings. The molecule has 0 aliphatic carbocycles. The number of carbonyl (C=O) groups is 1. The van der Waals surface area contributed by atoms with E-state index >= 15 is 0 Å². The molecule has 0 spiro atoms. The third-order valence-electron chi connectivity index (χ3n) is 3.11. The third-order valence-corrected chi connectivity index (χ3v) is 3.98. The second kappa shape index (κ2) is 8.57. The number of carboxylic acid groups (broad SMARTS) is 1. The van der Waals surface area contributed by atoms with Gasteiger partial charge in [-0.2, -0.15) is 0 Å². The van der Waals surface area contributed by atoms with E-state index < -0.39 is 5.97 Å². The fourth-order valence-electron chi connectivity index (χ4n) is 1.99. The highest BCUT2D eigenvalue weighted by Gasteiger charge is 2.14. The molecule has 25 heavy (non-hydrogen) atoms. The van der Waals surface area contributed by atoms with Gasteiger partial charge in [0.25, 0.3) is 0 Å². The van der Waals surface area contributed by atoms with E-state index in [2.05, 4.69) is 15.2 Å². The number of hydrogen-bond acceptors (Lipinski definition) is 6. The minimum absolute atomic E-state index is 0.0129. The topological polar surface area (TPSA) is 97.3 Å². The van der Waals surface area contributed by atoms with Crippen molar-refractivity contribution in [3.63, 3.8) is 0 Å². The van der Waals surface area contributed by atoms with Crippen molar-refractivity contribution in [2.24, 2.45) is 0 Å². The lowest BCUT2D eigenvalue weighted by Gasteiger charge is -2.14. The fraction of sp³-hybridized carbons (Fsp3) is 0.353. The molecule has 8 heteroatoms. The standard InChI is InChI=1S/C17H21N3O4S/c1-5-15-18-17(20-19-15)25-14(16(21)22)9-11-6-7-12(24-10(2)3)13(8-11)23-4/h6-10H,5H2,1-4H3,(H,21,22)(H,18,19,20)/b14-9+. The first-order valence-electron chi connectivity index (χ1n) is 7.81. The van der Waals surface area contributed by atoms with E-state index in [0.29, 0.717) is 34.5 Å². The molecule has 0 atom stereocenters. The maximum absolute atomic E-state index is 11.5. The van der Waals surface area contributed by atoms with E-state index in [0.717, 1.165) is 11.8 Å². The molecular formula is C17H21N3O4S. The van der Waals surface area contributed by atoms with E-state index in [9.17, 15) is 9.90 Å². The normalized spacial score (nSPS) is 11.6. The van der Waals surface area contributed by atoms with Crippen molar-refractivity contribution in [3.8, 4) is 11.5 Å². The second-order valence-corrected chi connectivity index (χ2v) is 6.42. The minimum atomic E-state index is -1.05. The van der Waals surface area contributed by atoms with Gasteiger partial charge in [-0.15, -0.1) is 5.10 Å². The Hall–Kier alpha value is -2.48. The molecule has 0 aliphatic rings. The number of aromatic nitrogens is 3. The summed E-state index contributed by atoms with van der Waals surface area (Å²) < 4.78 is 11.0. The summed E-state index contributed by atoms with van der Waals surface area (Å²) in [6, 6.07) is 5.27. The molecule has 2 N–H and O–H groups in total. The first-order valence-corrected chi connectivity index (χ1v) is 8.63. The number of benzene rings is 1. The zero-order valence-electron chi connectivity index (χ0n) is 14.6. The van der Waals surface area contributed by atoms with Gasteiger partial charge in [-0.3, -0.25) is 5.10 Å². The van der Waals surface area contributed by atoms with Crippen LogP contribution in [0.25, 0.3) is 6.08 Å². The predicted octanol–water partition coefficient (Wildman–Crippen LogP) is 3.38. The molecule has 1 heterocycles. The maximum atomic E-state index is 11.5. The summed E-state index contributed by atoms with van der Waals surface area (Å²) in [4.78, 5) is 15.9. The van der Waals surface area contributed by atoms with Crippen LogP contribution in [0.1, 0.15) is 32.2 Å². The van der Waals surface area contributed by atoms with Crippen molar-refractivity contribution in [1.82, 2.24) is 15.2 Å². The highest BCUT2D eigenvalue weighted by molar-refractivity contribution is 8.04. The van der Waals surface area contributed by atoms with Gasteiger partial charge >= 0.3 is 5.97 Å². The smallest absolute Gasteiger partial charge is 0.342 e. The van der Waals surface area contributed by atoms with Crippen molar-refractivity contribution in [2.75, 3.05) is 7.11 Å². The largest absolute Gasteiger partial charge is 0.493 e. The number of methoxy groups -OCH3 is 1. The van der Waals surface area contributed by atoms with Crippen LogP contribution in [0.3, 0.4) is 0 Å². The molecule has 134 valence electrons. The number of carboxylic acids is 1. The molecule has 0 aliphatic heterocycles. The molecule has 0 radical (unpaired) electrons. The van der Waals surface area contributed by atoms with Gasteiger partial charge in [0.2, 0.25) is 5.16 Å². The Bertz CT molecular complexity index is 771. The van der Waals surface area contributed by atoms with Crippen LogP contribution in [-0.2, 0) is 11.2 Å². The van der Waals surface area contributed by atoms with Crippen molar-refractivity contribution < 1.29 is 19.4 Å². The first-order chi connectivity index (χ1) is 11.9. The van der Waals surface area contributed by atoms with Crippen LogP contribution in [0.5, 0.6) is 11.5 Å². The number of aromatic amines is 1. The number of aliphatic carboxylic acids is 1. The van der Waals surface area contributed by atoms with Crippen LogP contribution in [-0.4, -0.2) is 39.5 Å². The highest BCUT2D eigenvalue weighted by atomic mass is 32.2. The summed E-state index contributed by atoms with van der Waals surface area (Å²) in [5.74, 6) is 0.822. The molecule has 0 amide bonds. The van der Waals surface area contributed by atoms with Gasteiger partial charge in [-0.1, -0.05) is 13.0 Å². The van der Waals surface area contributed by atoms with Gasteiger partial charge in [0.05, 0.1) is 13.2 Å². The van der Waals surface area contributed by atoms with Crippen LogP contribution < -0.4 is 9.47 Å². The van der Waals surface area contributed by atoms with Crippen molar-refractivity contribution in [2.45, 2.75) is 38.5 Å². The number of aryl methyl sites for hydroxylation is 1. The van der Waals surface area contributed by atoms with E-state index in [4.69, 9.17) is 9.47 Å².